The molecule has 3 fully saturated rings. The molecule has 2 saturated heterocycles. The fourth-order valence-corrected chi connectivity index (χ4v) is 5.38. The molecule has 1 unspecified atom stereocenters. The lowest BCUT2D eigenvalue weighted by molar-refractivity contribution is -0.145. The molecule has 1 N–H and O–H groups in total. The van der Waals surface area contributed by atoms with E-state index in [9.17, 15) is 14.7 Å². The van der Waals surface area contributed by atoms with Gasteiger partial charge in [0, 0.05) is 31.5 Å². The minimum absolute atomic E-state index is 0.169. The molecule has 0 bridgehead atoms. The molecular formula is C24H34N2O3. The third kappa shape index (κ3) is 4.50. The summed E-state index contributed by atoms with van der Waals surface area (Å²) in [6.45, 7) is 5.85. The highest BCUT2D eigenvalue weighted by Gasteiger charge is 2.52. The number of carbonyl (C=O) groups excluding carboxylic acids is 1. The van der Waals surface area contributed by atoms with Crippen LogP contribution in [-0.2, 0) is 16.1 Å². The fourth-order valence-electron chi connectivity index (χ4n) is 5.38. The Kier molecular flexibility index (Phi) is 5.95. The normalized spacial score (nSPS) is 24.6. The van der Waals surface area contributed by atoms with E-state index in [1.807, 2.05) is 4.90 Å². The van der Waals surface area contributed by atoms with Gasteiger partial charge in [-0.15, -0.1) is 0 Å². The minimum Gasteiger partial charge on any atom is -0.481 e. The quantitative estimate of drug-likeness (QED) is 0.794. The SMILES string of the molecule is Cc1ccc(CN2CCC3(CC2)CN(C(=O)CCC2CCC2)CC3C(=O)O)cc1. The first kappa shape index (κ1) is 20.4. The molecule has 2 heterocycles. The molecule has 1 aliphatic carbocycles. The monoisotopic (exact) mass is 398 g/mol. The summed E-state index contributed by atoms with van der Waals surface area (Å²) in [5, 5.41) is 9.87. The van der Waals surface area contributed by atoms with Crippen molar-refractivity contribution < 1.29 is 14.7 Å². The second kappa shape index (κ2) is 8.47. The van der Waals surface area contributed by atoms with Crippen LogP contribution in [0.25, 0.3) is 0 Å². The molecule has 1 aromatic rings. The zero-order valence-electron chi connectivity index (χ0n) is 17.6. The summed E-state index contributed by atoms with van der Waals surface area (Å²) in [7, 11) is 0. The minimum atomic E-state index is -0.730. The molecule has 1 aromatic carbocycles. The molecule has 29 heavy (non-hydrogen) atoms. The number of hydrogen-bond donors (Lipinski definition) is 1. The molecule has 2 aliphatic heterocycles. The number of nitrogens with zero attached hydrogens (tertiary/aromatic N) is 2. The molecular weight excluding hydrogens is 364 g/mol. The van der Waals surface area contributed by atoms with Crippen LogP contribution in [0.1, 0.15) is 56.1 Å². The highest BCUT2D eigenvalue weighted by atomic mass is 16.4. The van der Waals surface area contributed by atoms with Crippen LogP contribution in [0.5, 0.6) is 0 Å². The van der Waals surface area contributed by atoms with Gasteiger partial charge in [0.2, 0.25) is 5.91 Å². The molecule has 1 amide bonds. The van der Waals surface area contributed by atoms with Gasteiger partial charge in [-0.2, -0.15) is 0 Å². The van der Waals surface area contributed by atoms with Gasteiger partial charge in [-0.3, -0.25) is 14.5 Å². The largest absolute Gasteiger partial charge is 0.481 e. The van der Waals surface area contributed by atoms with Gasteiger partial charge in [0.05, 0.1) is 5.92 Å². The number of likely N-dealkylation sites (tertiary alicyclic amines) is 2. The van der Waals surface area contributed by atoms with Gasteiger partial charge in [-0.25, -0.2) is 0 Å². The standard InChI is InChI=1S/C24H34N2O3/c1-18-5-7-20(8-6-18)15-25-13-11-24(12-14-25)17-26(16-21(24)23(28)29)22(27)10-9-19-3-2-4-19/h5-8,19,21H,2-4,9-17H2,1H3,(H,28,29). The summed E-state index contributed by atoms with van der Waals surface area (Å²) in [6, 6.07) is 8.65. The molecule has 3 aliphatic rings. The van der Waals surface area contributed by atoms with E-state index in [2.05, 4.69) is 36.1 Å². The van der Waals surface area contributed by atoms with E-state index in [0.29, 0.717) is 19.5 Å². The third-order valence-corrected chi connectivity index (χ3v) is 7.67. The molecule has 1 spiro atoms. The van der Waals surface area contributed by atoms with Gasteiger partial charge < -0.3 is 10.0 Å². The van der Waals surface area contributed by atoms with Crippen LogP contribution >= 0.6 is 0 Å². The lowest BCUT2D eigenvalue weighted by atomic mass is 9.71. The van der Waals surface area contributed by atoms with Crippen molar-refractivity contribution in [2.24, 2.45) is 17.3 Å². The first-order valence-corrected chi connectivity index (χ1v) is 11.2. The molecule has 5 nitrogen and oxygen atoms in total. The van der Waals surface area contributed by atoms with Gasteiger partial charge in [-0.05, 0) is 50.8 Å². The Morgan fingerprint density at radius 2 is 1.83 bits per heavy atom. The molecule has 0 aromatic heterocycles. The Bertz CT molecular complexity index is 733. The number of rotatable bonds is 6. The van der Waals surface area contributed by atoms with E-state index in [1.54, 1.807) is 0 Å². The molecule has 0 radical (unpaired) electrons. The highest BCUT2D eigenvalue weighted by Crippen LogP contribution is 2.45. The van der Waals surface area contributed by atoms with Gasteiger partial charge in [0.25, 0.3) is 0 Å². The Morgan fingerprint density at radius 1 is 1.14 bits per heavy atom. The van der Waals surface area contributed by atoms with Crippen molar-refractivity contribution in [2.45, 2.75) is 58.4 Å². The Hall–Kier alpha value is -1.88. The Morgan fingerprint density at radius 3 is 2.41 bits per heavy atom. The fraction of sp³-hybridized carbons (Fsp3) is 0.667. The zero-order chi connectivity index (χ0) is 20.4. The van der Waals surface area contributed by atoms with Crippen molar-refractivity contribution in [3.05, 3.63) is 35.4 Å². The summed E-state index contributed by atoms with van der Waals surface area (Å²) in [5.74, 6) is -0.263. The van der Waals surface area contributed by atoms with Crippen LogP contribution in [0.3, 0.4) is 0 Å². The topological polar surface area (TPSA) is 60.9 Å². The van der Waals surface area contributed by atoms with E-state index in [4.69, 9.17) is 0 Å². The van der Waals surface area contributed by atoms with Gasteiger partial charge in [-0.1, -0.05) is 49.1 Å². The van der Waals surface area contributed by atoms with Crippen molar-refractivity contribution in [1.82, 2.24) is 9.80 Å². The zero-order valence-corrected chi connectivity index (χ0v) is 17.6. The summed E-state index contributed by atoms with van der Waals surface area (Å²) in [5.41, 5.74) is 2.33. The van der Waals surface area contributed by atoms with Gasteiger partial charge in [0.15, 0.2) is 0 Å². The summed E-state index contributed by atoms with van der Waals surface area (Å²) >= 11 is 0. The Labute approximate surface area is 174 Å². The molecule has 1 atom stereocenters. The second-order valence-electron chi connectivity index (χ2n) is 9.62. The van der Waals surface area contributed by atoms with E-state index in [-0.39, 0.29) is 11.3 Å². The van der Waals surface area contributed by atoms with Crippen LogP contribution < -0.4 is 0 Å². The maximum Gasteiger partial charge on any atom is 0.308 e. The van der Waals surface area contributed by atoms with Crippen molar-refractivity contribution in [2.75, 3.05) is 26.2 Å². The molecule has 4 rings (SSSR count). The Balaban J connectivity index is 1.35. The van der Waals surface area contributed by atoms with Crippen LogP contribution in [0.15, 0.2) is 24.3 Å². The first-order chi connectivity index (χ1) is 13.9. The number of piperidine rings is 1. The predicted molar refractivity (Wildman–Crippen MR) is 112 cm³/mol. The summed E-state index contributed by atoms with van der Waals surface area (Å²) in [6.07, 6.45) is 7.10. The van der Waals surface area contributed by atoms with Gasteiger partial charge >= 0.3 is 5.97 Å². The number of hydrogen-bond acceptors (Lipinski definition) is 3. The average Bonchev–Trinajstić information content (AvgIpc) is 3.04. The van der Waals surface area contributed by atoms with Crippen LogP contribution in [0.2, 0.25) is 0 Å². The second-order valence-corrected chi connectivity index (χ2v) is 9.62. The summed E-state index contributed by atoms with van der Waals surface area (Å²) < 4.78 is 0. The number of carboxylic acid groups (broad SMARTS) is 1. The van der Waals surface area contributed by atoms with Crippen LogP contribution in [-0.4, -0.2) is 53.0 Å². The van der Waals surface area contributed by atoms with E-state index >= 15 is 0 Å². The number of benzene rings is 1. The summed E-state index contributed by atoms with van der Waals surface area (Å²) in [4.78, 5) is 29.1. The third-order valence-electron chi connectivity index (χ3n) is 7.67. The smallest absolute Gasteiger partial charge is 0.308 e. The number of amides is 1. The number of aryl methyl sites for hydroxylation is 1. The predicted octanol–water partition coefficient (Wildman–Crippen LogP) is 3.70. The lowest BCUT2D eigenvalue weighted by Crippen LogP contribution is -2.46. The molecule has 5 heteroatoms. The van der Waals surface area contributed by atoms with Crippen molar-refractivity contribution in [3.8, 4) is 0 Å². The van der Waals surface area contributed by atoms with Crippen molar-refractivity contribution in [3.63, 3.8) is 0 Å². The maximum absolute atomic E-state index is 12.7. The molecule has 1 saturated carbocycles. The number of carboxylic acids is 1. The van der Waals surface area contributed by atoms with Crippen LogP contribution in [0, 0.1) is 24.2 Å². The first-order valence-electron chi connectivity index (χ1n) is 11.2. The number of carbonyl (C=O) groups is 2. The lowest BCUT2D eigenvalue weighted by Gasteiger charge is -2.41. The highest BCUT2D eigenvalue weighted by molar-refractivity contribution is 5.79. The van der Waals surface area contributed by atoms with Crippen LogP contribution in [0.4, 0.5) is 0 Å². The van der Waals surface area contributed by atoms with Gasteiger partial charge in [0.1, 0.15) is 0 Å². The molecule has 158 valence electrons. The van der Waals surface area contributed by atoms with E-state index < -0.39 is 11.9 Å². The number of aliphatic carboxylic acids is 1. The average molecular weight is 399 g/mol. The van der Waals surface area contributed by atoms with Crippen molar-refractivity contribution >= 4 is 11.9 Å². The van der Waals surface area contributed by atoms with E-state index in [0.717, 1.165) is 44.8 Å². The van der Waals surface area contributed by atoms with E-state index in [1.165, 1.54) is 30.4 Å². The maximum atomic E-state index is 12.7. The van der Waals surface area contributed by atoms with Crippen molar-refractivity contribution in [1.29, 1.82) is 0 Å².